The summed E-state index contributed by atoms with van der Waals surface area (Å²) in [5.74, 6) is 0.385. The zero-order chi connectivity index (χ0) is 18.0. The van der Waals surface area contributed by atoms with Crippen molar-refractivity contribution in [1.29, 1.82) is 0 Å². The van der Waals surface area contributed by atoms with Crippen LogP contribution in [0.4, 0.5) is 0 Å². The zero-order valence-electron chi connectivity index (χ0n) is 15.1. The number of aliphatic hydroxyl groups is 1. The van der Waals surface area contributed by atoms with Crippen molar-refractivity contribution < 1.29 is 19.4 Å². The molecule has 0 radical (unpaired) electrons. The van der Waals surface area contributed by atoms with Gasteiger partial charge in [-0.2, -0.15) is 0 Å². The van der Waals surface area contributed by atoms with E-state index in [9.17, 15) is 14.7 Å². The predicted octanol–water partition coefficient (Wildman–Crippen LogP) is 3.19. The number of esters is 1. The van der Waals surface area contributed by atoms with Crippen LogP contribution in [0.1, 0.15) is 44.6 Å². The first-order chi connectivity index (χ1) is 12.1. The molecule has 0 amide bonds. The van der Waals surface area contributed by atoms with Gasteiger partial charge in [-0.15, -0.1) is 0 Å². The number of fused-ring (bicyclic) bond motifs is 1. The monoisotopic (exact) mass is 344 g/mol. The van der Waals surface area contributed by atoms with E-state index in [2.05, 4.69) is 19.1 Å². The standard InChI is InChI=1S/C21H28O4/c1-3-7-17-18(14-8-5-4-6-9-14)19-16(12-25-13(2)23)10-15(11-22)20(19)21(17)24/h4-6,8-9,15-20,22H,3,7,10-12H2,1-2H3/t15-,16+,17+,18+,19-,20-/m1/s1. The van der Waals surface area contributed by atoms with Crippen molar-refractivity contribution in [1.82, 2.24) is 0 Å². The first-order valence-electron chi connectivity index (χ1n) is 9.41. The Bertz CT molecular complexity index is 612. The van der Waals surface area contributed by atoms with Crippen LogP contribution in [-0.2, 0) is 14.3 Å². The lowest BCUT2D eigenvalue weighted by Crippen LogP contribution is -2.24. The van der Waals surface area contributed by atoms with Gasteiger partial charge in [0.05, 0.1) is 6.61 Å². The molecule has 2 aliphatic rings. The number of carbonyl (C=O) groups excluding carboxylic acids is 2. The quantitative estimate of drug-likeness (QED) is 0.805. The Morgan fingerprint density at radius 2 is 1.92 bits per heavy atom. The van der Waals surface area contributed by atoms with Gasteiger partial charge in [0.1, 0.15) is 5.78 Å². The lowest BCUT2D eigenvalue weighted by molar-refractivity contribution is -0.142. The first kappa shape index (κ1) is 18.1. The molecule has 0 aromatic heterocycles. The van der Waals surface area contributed by atoms with Crippen LogP contribution in [0.25, 0.3) is 0 Å². The molecule has 0 heterocycles. The zero-order valence-corrected chi connectivity index (χ0v) is 15.1. The summed E-state index contributed by atoms with van der Waals surface area (Å²) in [5, 5.41) is 9.84. The fourth-order valence-corrected chi connectivity index (χ4v) is 5.29. The maximum Gasteiger partial charge on any atom is 0.302 e. The van der Waals surface area contributed by atoms with Gasteiger partial charge in [0.15, 0.2) is 0 Å². The Kier molecular flexibility index (Phi) is 5.57. The molecule has 0 saturated heterocycles. The van der Waals surface area contributed by atoms with Crippen molar-refractivity contribution in [3.63, 3.8) is 0 Å². The number of rotatable bonds is 6. The van der Waals surface area contributed by atoms with Crippen LogP contribution in [0, 0.1) is 29.6 Å². The lowest BCUT2D eigenvalue weighted by Gasteiger charge is -2.28. The summed E-state index contributed by atoms with van der Waals surface area (Å²) in [6.07, 6.45) is 2.61. The van der Waals surface area contributed by atoms with Crippen molar-refractivity contribution in [3.8, 4) is 0 Å². The molecule has 0 spiro atoms. The molecule has 4 heteroatoms. The van der Waals surface area contributed by atoms with E-state index >= 15 is 0 Å². The second-order valence-corrected chi connectivity index (χ2v) is 7.58. The van der Waals surface area contributed by atoms with E-state index in [4.69, 9.17) is 4.74 Å². The molecule has 1 aromatic carbocycles. The van der Waals surface area contributed by atoms with Gasteiger partial charge >= 0.3 is 5.97 Å². The third-order valence-corrected chi connectivity index (χ3v) is 6.13. The molecule has 4 nitrogen and oxygen atoms in total. The van der Waals surface area contributed by atoms with Crippen molar-refractivity contribution in [3.05, 3.63) is 35.9 Å². The van der Waals surface area contributed by atoms with Gasteiger partial charge in [-0.1, -0.05) is 43.7 Å². The minimum Gasteiger partial charge on any atom is -0.466 e. The molecule has 2 saturated carbocycles. The van der Waals surface area contributed by atoms with E-state index in [0.29, 0.717) is 12.4 Å². The van der Waals surface area contributed by atoms with E-state index in [1.165, 1.54) is 12.5 Å². The van der Waals surface area contributed by atoms with E-state index in [0.717, 1.165) is 19.3 Å². The van der Waals surface area contributed by atoms with Crippen molar-refractivity contribution in [2.45, 2.75) is 39.0 Å². The van der Waals surface area contributed by atoms with Crippen LogP contribution in [0.15, 0.2) is 30.3 Å². The number of hydrogen-bond donors (Lipinski definition) is 1. The number of aliphatic hydroxyl groups excluding tert-OH is 1. The maximum atomic E-state index is 13.2. The van der Waals surface area contributed by atoms with Gasteiger partial charge in [0.25, 0.3) is 0 Å². The second-order valence-electron chi connectivity index (χ2n) is 7.58. The number of ether oxygens (including phenoxy) is 1. The normalized spacial score (nSPS) is 34.1. The van der Waals surface area contributed by atoms with Gasteiger partial charge in [0, 0.05) is 25.4 Å². The number of hydrogen-bond acceptors (Lipinski definition) is 4. The topological polar surface area (TPSA) is 63.6 Å². The fourth-order valence-electron chi connectivity index (χ4n) is 5.29. The molecule has 1 aromatic rings. The van der Waals surface area contributed by atoms with Crippen LogP contribution in [0.5, 0.6) is 0 Å². The number of Topliss-reactive ketones (excluding diaryl/α,β-unsaturated/α-hetero) is 1. The third-order valence-electron chi connectivity index (χ3n) is 6.13. The molecule has 1 N–H and O–H groups in total. The van der Waals surface area contributed by atoms with Gasteiger partial charge < -0.3 is 9.84 Å². The Morgan fingerprint density at radius 3 is 2.52 bits per heavy atom. The molecular formula is C21H28O4. The lowest BCUT2D eigenvalue weighted by atomic mass is 9.76. The molecule has 6 atom stereocenters. The smallest absolute Gasteiger partial charge is 0.302 e. The average Bonchev–Trinajstić information content (AvgIpc) is 3.11. The van der Waals surface area contributed by atoms with Gasteiger partial charge in [-0.3, -0.25) is 9.59 Å². The van der Waals surface area contributed by atoms with Crippen molar-refractivity contribution >= 4 is 11.8 Å². The first-order valence-corrected chi connectivity index (χ1v) is 9.41. The predicted molar refractivity (Wildman–Crippen MR) is 94.9 cm³/mol. The minimum atomic E-state index is -0.283. The third kappa shape index (κ3) is 3.37. The Balaban J connectivity index is 1.97. The number of ketones is 1. The molecule has 2 fully saturated rings. The summed E-state index contributed by atoms with van der Waals surface area (Å²) < 4.78 is 5.31. The van der Waals surface area contributed by atoms with Crippen LogP contribution in [0.2, 0.25) is 0 Å². The van der Waals surface area contributed by atoms with Gasteiger partial charge in [0.2, 0.25) is 0 Å². The van der Waals surface area contributed by atoms with E-state index in [1.54, 1.807) is 0 Å². The van der Waals surface area contributed by atoms with E-state index in [1.807, 2.05) is 18.2 Å². The highest BCUT2D eigenvalue weighted by molar-refractivity contribution is 5.88. The summed E-state index contributed by atoms with van der Waals surface area (Å²) in [6, 6.07) is 10.3. The van der Waals surface area contributed by atoms with E-state index in [-0.39, 0.29) is 48.1 Å². The summed E-state index contributed by atoms with van der Waals surface area (Å²) >= 11 is 0. The molecule has 25 heavy (non-hydrogen) atoms. The molecule has 0 bridgehead atoms. The van der Waals surface area contributed by atoms with Gasteiger partial charge in [-0.05, 0) is 42.1 Å². The van der Waals surface area contributed by atoms with Crippen molar-refractivity contribution in [2.75, 3.05) is 13.2 Å². The molecule has 0 aliphatic heterocycles. The molecule has 3 rings (SSSR count). The van der Waals surface area contributed by atoms with E-state index < -0.39 is 0 Å². The second kappa shape index (κ2) is 7.69. The van der Waals surface area contributed by atoms with Crippen LogP contribution in [-0.4, -0.2) is 30.1 Å². The highest BCUT2D eigenvalue weighted by Gasteiger charge is 2.58. The summed E-state index contributed by atoms with van der Waals surface area (Å²) in [4.78, 5) is 24.5. The number of benzene rings is 1. The van der Waals surface area contributed by atoms with Crippen LogP contribution < -0.4 is 0 Å². The average molecular weight is 344 g/mol. The Labute approximate surface area is 149 Å². The highest BCUT2D eigenvalue weighted by atomic mass is 16.5. The van der Waals surface area contributed by atoms with Crippen molar-refractivity contribution in [2.24, 2.45) is 29.6 Å². The molecule has 2 aliphatic carbocycles. The largest absolute Gasteiger partial charge is 0.466 e. The fraction of sp³-hybridized carbons (Fsp3) is 0.619. The maximum absolute atomic E-state index is 13.2. The van der Waals surface area contributed by atoms with Gasteiger partial charge in [-0.25, -0.2) is 0 Å². The Morgan fingerprint density at radius 1 is 1.20 bits per heavy atom. The summed E-state index contributed by atoms with van der Waals surface area (Å²) in [5.41, 5.74) is 1.20. The SMILES string of the molecule is CCC[C@@H]1C(=O)[C@@H]2[C@@H](CO)C[C@@H](COC(C)=O)[C@@H]2[C@H]1c1ccccc1. The molecule has 136 valence electrons. The summed E-state index contributed by atoms with van der Waals surface area (Å²) in [7, 11) is 0. The van der Waals surface area contributed by atoms with Crippen LogP contribution in [0.3, 0.4) is 0 Å². The highest BCUT2D eigenvalue weighted by Crippen LogP contribution is 2.58. The minimum absolute atomic E-state index is 0.00822. The Hall–Kier alpha value is -1.68. The number of carbonyl (C=O) groups is 2. The molecular weight excluding hydrogens is 316 g/mol. The molecule has 0 unspecified atom stereocenters. The summed E-state index contributed by atoms with van der Waals surface area (Å²) in [6.45, 7) is 3.92. The van der Waals surface area contributed by atoms with Crippen LogP contribution >= 0.6 is 0 Å².